The number of carbonyl (C=O) groups is 6. The number of nitrogens with zero attached hydrogens (tertiary/aromatic N) is 2. The number of benzene rings is 1. The van der Waals surface area contributed by atoms with Gasteiger partial charge in [0.1, 0.15) is 35.8 Å². The number of fused-ring (bicyclic) bond motifs is 1. The van der Waals surface area contributed by atoms with Crippen molar-refractivity contribution in [1.29, 1.82) is 0 Å². The molecule has 5 aliphatic rings. The number of amides is 5. The molecule has 300 valence electrons. The van der Waals surface area contributed by atoms with E-state index >= 15 is 0 Å². The average molecular weight is 791 g/mol. The van der Waals surface area contributed by atoms with E-state index < -0.39 is 98.9 Å². The molecule has 3 aliphatic heterocycles. The van der Waals surface area contributed by atoms with Gasteiger partial charge in [0.25, 0.3) is 11.8 Å². The Labute approximate surface area is 318 Å². The van der Waals surface area contributed by atoms with Gasteiger partial charge in [0, 0.05) is 56.9 Å². The van der Waals surface area contributed by atoms with Gasteiger partial charge in [-0.1, -0.05) is 18.2 Å². The average Bonchev–Trinajstić information content (AvgIpc) is 3.93. The summed E-state index contributed by atoms with van der Waals surface area (Å²) in [7, 11) is -3.96. The van der Waals surface area contributed by atoms with Gasteiger partial charge in [-0.05, 0) is 51.7 Å². The molecule has 1 aromatic rings. The number of likely N-dealkylation sites (tertiary alicyclic amines) is 1. The van der Waals surface area contributed by atoms with Crippen LogP contribution in [0.4, 0.5) is 9.18 Å². The number of hydrogen-bond acceptors (Lipinski definition) is 12. The molecule has 0 spiro atoms. The molecule has 1 aromatic carbocycles. The molecule has 2 saturated carbocycles. The van der Waals surface area contributed by atoms with E-state index in [0.29, 0.717) is 24.9 Å². The van der Waals surface area contributed by atoms with Crippen molar-refractivity contribution in [1.82, 2.24) is 30.5 Å². The molecule has 5 amide bonds. The second kappa shape index (κ2) is 15.5. The van der Waals surface area contributed by atoms with Gasteiger partial charge >= 0.3 is 12.1 Å². The SMILES string of the molecule is C=CC1CC1(NC(=O)C1CC(OCN2Cc3cccc(F)c3C2)CN1C(=O)C(CNC(=O)C1CCC(=O)O1)NC(=O)OC(C)(C)C)C(=O)NS(=O)(=O)C1CC1. The monoisotopic (exact) mass is 790 g/mol. The fourth-order valence-corrected chi connectivity index (χ4v) is 8.42. The number of cyclic esters (lactones) is 1. The van der Waals surface area contributed by atoms with Crippen molar-refractivity contribution in [3.8, 4) is 0 Å². The molecule has 19 heteroatoms. The summed E-state index contributed by atoms with van der Waals surface area (Å²) in [6.45, 7) is 8.66. The summed E-state index contributed by atoms with van der Waals surface area (Å²) >= 11 is 0. The molecule has 3 heterocycles. The van der Waals surface area contributed by atoms with Gasteiger partial charge in [-0.3, -0.25) is 33.6 Å². The first-order valence-corrected chi connectivity index (χ1v) is 19.8. The maximum atomic E-state index is 14.4. The molecule has 17 nitrogen and oxygen atoms in total. The summed E-state index contributed by atoms with van der Waals surface area (Å²) in [6.07, 6.45) is -0.372. The Morgan fingerprint density at radius 2 is 1.87 bits per heavy atom. The highest BCUT2D eigenvalue weighted by molar-refractivity contribution is 7.91. The molecular formula is C36H47FN6O11S. The predicted molar refractivity (Wildman–Crippen MR) is 190 cm³/mol. The van der Waals surface area contributed by atoms with Crippen LogP contribution >= 0.6 is 0 Å². The van der Waals surface area contributed by atoms with E-state index in [9.17, 15) is 41.6 Å². The molecule has 55 heavy (non-hydrogen) atoms. The van der Waals surface area contributed by atoms with E-state index in [1.807, 2.05) is 11.0 Å². The van der Waals surface area contributed by atoms with Gasteiger partial charge in [0.15, 0.2) is 6.10 Å². The first-order valence-electron chi connectivity index (χ1n) is 18.3. The normalized spacial score (nSPS) is 26.7. The van der Waals surface area contributed by atoms with E-state index in [0.717, 1.165) is 5.56 Å². The molecule has 2 saturated heterocycles. The Morgan fingerprint density at radius 3 is 2.49 bits per heavy atom. The number of nitrogens with one attached hydrogen (secondary N) is 4. The third-order valence-electron chi connectivity index (χ3n) is 10.2. The lowest BCUT2D eigenvalue weighted by Crippen LogP contribution is -2.60. The largest absolute Gasteiger partial charge is 0.452 e. The summed E-state index contributed by atoms with van der Waals surface area (Å²) in [5.41, 5.74) is -1.24. The maximum Gasteiger partial charge on any atom is 0.408 e. The van der Waals surface area contributed by atoms with Crippen molar-refractivity contribution < 1.29 is 55.8 Å². The summed E-state index contributed by atoms with van der Waals surface area (Å²) in [6, 6.07) is 2.05. The Balaban J connectivity index is 1.21. The minimum atomic E-state index is -3.96. The number of carbonyl (C=O) groups excluding carboxylic acids is 6. The second-order valence-electron chi connectivity index (χ2n) is 15.7. The minimum absolute atomic E-state index is 0.0226. The van der Waals surface area contributed by atoms with E-state index in [-0.39, 0.29) is 51.3 Å². The van der Waals surface area contributed by atoms with Gasteiger partial charge in [-0.25, -0.2) is 17.6 Å². The smallest absolute Gasteiger partial charge is 0.408 e. The molecule has 6 rings (SSSR count). The van der Waals surface area contributed by atoms with Gasteiger partial charge in [-0.15, -0.1) is 6.58 Å². The molecular weight excluding hydrogens is 743 g/mol. The van der Waals surface area contributed by atoms with Crippen molar-refractivity contribution in [3.05, 3.63) is 47.8 Å². The van der Waals surface area contributed by atoms with Crippen LogP contribution in [0.2, 0.25) is 0 Å². The number of halogens is 1. The first-order chi connectivity index (χ1) is 25.9. The van der Waals surface area contributed by atoms with E-state index in [1.165, 1.54) is 17.0 Å². The zero-order valence-corrected chi connectivity index (χ0v) is 31.7. The zero-order valence-electron chi connectivity index (χ0n) is 30.9. The quantitative estimate of drug-likeness (QED) is 0.149. The van der Waals surface area contributed by atoms with Crippen molar-refractivity contribution in [2.24, 2.45) is 5.92 Å². The molecule has 6 unspecified atom stereocenters. The number of alkyl carbamates (subject to hydrolysis) is 1. The topological polar surface area (TPSA) is 219 Å². The maximum absolute atomic E-state index is 14.4. The second-order valence-corrected chi connectivity index (χ2v) is 17.6. The molecule has 6 atom stereocenters. The van der Waals surface area contributed by atoms with Crippen LogP contribution in [-0.2, 0) is 61.3 Å². The Bertz CT molecular complexity index is 1870. The van der Waals surface area contributed by atoms with Crippen LogP contribution in [0.3, 0.4) is 0 Å². The Kier molecular flexibility index (Phi) is 11.3. The van der Waals surface area contributed by atoms with Gasteiger partial charge in [-0.2, -0.15) is 0 Å². The van der Waals surface area contributed by atoms with Crippen LogP contribution in [0, 0.1) is 11.7 Å². The molecule has 0 radical (unpaired) electrons. The van der Waals surface area contributed by atoms with Gasteiger partial charge in [0.05, 0.1) is 11.4 Å². The Morgan fingerprint density at radius 1 is 1.13 bits per heavy atom. The number of esters is 1. The van der Waals surface area contributed by atoms with E-state index in [2.05, 4.69) is 27.3 Å². The zero-order chi connectivity index (χ0) is 39.9. The molecule has 4 N–H and O–H groups in total. The lowest BCUT2D eigenvalue weighted by atomic mass is 10.1. The third kappa shape index (κ3) is 9.27. The number of sulfonamides is 1. The minimum Gasteiger partial charge on any atom is -0.452 e. The Hall–Kier alpha value is -4.62. The summed E-state index contributed by atoms with van der Waals surface area (Å²) < 4.78 is 58.4. The van der Waals surface area contributed by atoms with Crippen molar-refractivity contribution in [2.45, 2.75) is 113 Å². The highest BCUT2D eigenvalue weighted by Gasteiger charge is 2.62. The van der Waals surface area contributed by atoms with E-state index in [1.54, 1.807) is 26.8 Å². The molecule has 2 aliphatic carbocycles. The van der Waals surface area contributed by atoms with Crippen LogP contribution in [0.25, 0.3) is 0 Å². The first kappa shape index (κ1) is 40.1. The fraction of sp³-hybridized carbons (Fsp3) is 0.611. The van der Waals surface area contributed by atoms with Gasteiger partial charge < -0.3 is 35.1 Å². The van der Waals surface area contributed by atoms with Crippen LogP contribution in [0.5, 0.6) is 0 Å². The van der Waals surface area contributed by atoms with Crippen LogP contribution in [0.1, 0.15) is 70.4 Å². The van der Waals surface area contributed by atoms with Crippen molar-refractivity contribution in [3.63, 3.8) is 0 Å². The number of ether oxygens (including phenoxy) is 3. The van der Waals surface area contributed by atoms with E-state index in [4.69, 9.17) is 14.2 Å². The third-order valence-corrected chi connectivity index (χ3v) is 12.0. The lowest BCUT2D eigenvalue weighted by Gasteiger charge is -2.30. The molecule has 4 fully saturated rings. The van der Waals surface area contributed by atoms with Gasteiger partial charge in [0.2, 0.25) is 21.8 Å². The van der Waals surface area contributed by atoms with Crippen LogP contribution in [0.15, 0.2) is 30.9 Å². The highest BCUT2D eigenvalue weighted by Crippen LogP contribution is 2.45. The molecule has 0 bridgehead atoms. The summed E-state index contributed by atoms with van der Waals surface area (Å²) in [5.74, 6) is -4.67. The number of rotatable bonds is 14. The van der Waals surface area contributed by atoms with Crippen LogP contribution in [-0.4, -0.2) is 114 Å². The summed E-state index contributed by atoms with van der Waals surface area (Å²) in [4.78, 5) is 82.5. The van der Waals surface area contributed by atoms with Crippen molar-refractivity contribution in [2.75, 3.05) is 19.8 Å². The van der Waals surface area contributed by atoms with Crippen molar-refractivity contribution >= 4 is 45.7 Å². The predicted octanol–water partition coefficient (Wildman–Crippen LogP) is 0.469. The molecule has 0 aromatic heterocycles. The number of hydrogen-bond donors (Lipinski definition) is 4. The lowest BCUT2D eigenvalue weighted by molar-refractivity contribution is -0.148. The fourth-order valence-electron chi connectivity index (χ4n) is 7.06. The highest BCUT2D eigenvalue weighted by atomic mass is 32.2. The standard InChI is InChI=1S/C36H47FN6O11S/c1-5-21-14-36(21,33(48)41-55(50,51)23-9-10-23)40-30(45)27-13-22(52-19-42-16-20-7-6-8-25(37)24(20)18-42)17-43(27)32(47)26(39-34(49)54-35(2,3)4)15-38-31(46)28-11-12-29(44)53-28/h5-8,21-23,26-28H,1,9-19H2,2-4H3,(H,38,46)(H,39,49)(H,40,45)(H,41,48). The van der Waals surface area contributed by atoms with Crippen LogP contribution < -0.4 is 20.7 Å². The summed E-state index contributed by atoms with van der Waals surface area (Å²) in [5, 5.41) is 7.01.